The van der Waals surface area contributed by atoms with Crippen LogP contribution < -0.4 is 0 Å². The zero-order chi connectivity index (χ0) is 21.4. The SMILES string of the molecule is Cc1cccc(-n2nc(-c3ccc(F)cc3)cc2C(=O)N2CCc3ccccc3C2)c1. The van der Waals surface area contributed by atoms with Gasteiger partial charge < -0.3 is 4.90 Å². The Morgan fingerprint density at radius 3 is 2.48 bits per heavy atom. The summed E-state index contributed by atoms with van der Waals surface area (Å²) in [5.41, 5.74) is 6.31. The molecule has 0 fully saturated rings. The second kappa shape index (κ2) is 7.84. The second-order valence-corrected chi connectivity index (χ2v) is 7.92. The lowest BCUT2D eigenvalue weighted by atomic mass is 9.99. The molecule has 0 unspecified atom stereocenters. The smallest absolute Gasteiger partial charge is 0.272 e. The van der Waals surface area contributed by atoms with Crippen molar-refractivity contribution in [1.82, 2.24) is 14.7 Å². The molecular formula is C26H22FN3O. The molecule has 0 radical (unpaired) electrons. The fourth-order valence-corrected chi connectivity index (χ4v) is 4.08. The molecule has 5 heteroatoms. The van der Waals surface area contributed by atoms with Gasteiger partial charge in [-0.05, 0) is 72.5 Å². The van der Waals surface area contributed by atoms with Crippen LogP contribution in [0.15, 0.2) is 78.9 Å². The summed E-state index contributed by atoms with van der Waals surface area (Å²) in [6.45, 7) is 3.26. The van der Waals surface area contributed by atoms with Gasteiger partial charge in [0.05, 0.1) is 11.4 Å². The van der Waals surface area contributed by atoms with Gasteiger partial charge >= 0.3 is 0 Å². The van der Waals surface area contributed by atoms with E-state index in [1.807, 2.05) is 48.2 Å². The molecule has 31 heavy (non-hydrogen) atoms. The first kappa shape index (κ1) is 19.2. The molecule has 1 aliphatic heterocycles. The number of carbonyl (C=O) groups excluding carboxylic acids is 1. The lowest BCUT2D eigenvalue weighted by Gasteiger charge is -2.29. The number of hydrogen-bond acceptors (Lipinski definition) is 2. The fourth-order valence-electron chi connectivity index (χ4n) is 4.08. The molecule has 2 heterocycles. The highest BCUT2D eigenvalue weighted by Gasteiger charge is 2.26. The molecule has 0 bridgehead atoms. The van der Waals surface area contributed by atoms with E-state index in [-0.39, 0.29) is 11.7 Å². The minimum absolute atomic E-state index is 0.0585. The minimum Gasteiger partial charge on any atom is -0.333 e. The number of aromatic nitrogens is 2. The Balaban J connectivity index is 1.56. The number of fused-ring (bicyclic) bond motifs is 1. The molecule has 0 aliphatic carbocycles. The number of benzene rings is 3. The van der Waals surface area contributed by atoms with E-state index in [0.717, 1.165) is 23.2 Å². The maximum atomic E-state index is 13.6. The number of halogens is 1. The Morgan fingerprint density at radius 1 is 0.935 bits per heavy atom. The summed E-state index contributed by atoms with van der Waals surface area (Å²) < 4.78 is 15.1. The predicted octanol–water partition coefficient (Wildman–Crippen LogP) is 5.19. The fraction of sp³-hybridized carbons (Fsp3) is 0.154. The molecule has 0 N–H and O–H groups in total. The van der Waals surface area contributed by atoms with E-state index in [2.05, 4.69) is 12.1 Å². The number of carbonyl (C=O) groups is 1. The first-order valence-electron chi connectivity index (χ1n) is 10.4. The van der Waals surface area contributed by atoms with Crippen LogP contribution in [0.3, 0.4) is 0 Å². The third kappa shape index (κ3) is 3.75. The molecule has 1 aliphatic rings. The van der Waals surface area contributed by atoms with Crippen LogP contribution in [0.1, 0.15) is 27.2 Å². The summed E-state index contributed by atoms with van der Waals surface area (Å²) in [7, 11) is 0. The zero-order valence-electron chi connectivity index (χ0n) is 17.3. The number of hydrogen-bond donors (Lipinski definition) is 0. The van der Waals surface area contributed by atoms with Crippen LogP contribution in [0.2, 0.25) is 0 Å². The first-order chi connectivity index (χ1) is 15.1. The summed E-state index contributed by atoms with van der Waals surface area (Å²) in [6, 6.07) is 24.2. The third-order valence-corrected chi connectivity index (χ3v) is 5.73. The van der Waals surface area contributed by atoms with Crippen molar-refractivity contribution in [2.24, 2.45) is 0 Å². The molecule has 0 spiro atoms. The summed E-state index contributed by atoms with van der Waals surface area (Å²) in [6.07, 6.45) is 0.839. The Kier molecular flexibility index (Phi) is 4.86. The van der Waals surface area contributed by atoms with Gasteiger partial charge in [0.25, 0.3) is 5.91 Å². The van der Waals surface area contributed by atoms with E-state index in [0.29, 0.717) is 24.5 Å². The lowest BCUT2D eigenvalue weighted by Crippen LogP contribution is -2.37. The largest absolute Gasteiger partial charge is 0.333 e. The lowest BCUT2D eigenvalue weighted by molar-refractivity contribution is 0.0725. The first-order valence-corrected chi connectivity index (χ1v) is 10.4. The molecule has 4 nitrogen and oxygen atoms in total. The molecule has 0 saturated heterocycles. The second-order valence-electron chi connectivity index (χ2n) is 7.92. The Bertz CT molecular complexity index is 1260. The minimum atomic E-state index is -0.301. The van der Waals surface area contributed by atoms with Crippen LogP contribution in [-0.4, -0.2) is 27.1 Å². The third-order valence-electron chi connectivity index (χ3n) is 5.73. The normalized spacial score (nSPS) is 13.2. The van der Waals surface area contributed by atoms with Crippen molar-refractivity contribution < 1.29 is 9.18 Å². The van der Waals surface area contributed by atoms with Crippen molar-refractivity contribution in [1.29, 1.82) is 0 Å². The van der Waals surface area contributed by atoms with Gasteiger partial charge in [0.15, 0.2) is 0 Å². The van der Waals surface area contributed by atoms with Crippen molar-refractivity contribution >= 4 is 5.91 Å². The van der Waals surface area contributed by atoms with E-state index in [9.17, 15) is 9.18 Å². The van der Waals surface area contributed by atoms with Gasteiger partial charge in [0, 0.05) is 18.7 Å². The Labute approximate surface area is 180 Å². The Morgan fingerprint density at radius 2 is 1.71 bits per heavy atom. The van der Waals surface area contributed by atoms with Gasteiger partial charge in [-0.2, -0.15) is 5.10 Å². The van der Waals surface area contributed by atoms with Crippen LogP contribution >= 0.6 is 0 Å². The van der Waals surface area contributed by atoms with Gasteiger partial charge in [0.2, 0.25) is 0 Å². The molecular weight excluding hydrogens is 389 g/mol. The molecule has 5 rings (SSSR count). The molecule has 3 aromatic carbocycles. The molecule has 4 aromatic rings. The number of aryl methyl sites for hydroxylation is 1. The van der Waals surface area contributed by atoms with Crippen molar-refractivity contribution in [2.75, 3.05) is 6.54 Å². The summed E-state index contributed by atoms with van der Waals surface area (Å²) in [4.78, 5) is 15.5. The van der Waals surface area contributed by atoms with E-state index >= 15 is 0 Å². The predicted molar refractivity (Wildman–Crippen MR) is 119 cm³/mol. The highest BCUT2D eigenvalue weighted by molar-refractivity contribution is 5.94. The van der Waals surface area contributed by atoms with E-state index in [1.165, 1.54) is 23.3 Å². The topological polar surface area (TPSA) is 38.1 Å². The number of rotatable bonds is 3. The van der Waals surface area contributed by atoms with Crippen molar-refractivity contribution in [3.63, 3.8) is 0 Å². The van der Waals surface area contributed by atoms with Crippen LogP contribution in [0.25, 0.3) is 16.9 Å². The van der Waals surface area contributed by atoms with Crippen molar-refractivity contribution in [3.8, 4) is 16.9 Å². The molecule has 1 aromatic heterocycles. The van der Waals surface area contributed by atoms with Gasteiger partial charge in [-0.1, -0.05) is 36.4 Å². The zero-order valence-corrected chi connectivity index (χ0v) is 17.3. The van der Waals surface area contributed by atoms with Crippen LogP contribution in [-0.2, 0) is 13.0 Å². The van der Waals surface area contributed by atoms with Crippen LogP contribution in [0, 0.1) is 12.7 Å². The molecule has 1 amide bonds. The van der Waals surface area contributed by atoms with Gasteiger partial charge in [-0.3, -0.25) is 4.79 Å². The average Bonchev–Trinajstić information content (AvgIpc) is 3.24. The molecule has 0 saturated carbocycles. The monoisotopic (exact) mass is 411 g/mol. The molecule has 154 valence electrons. The van der Waals surface area contributed by atoms with Crippen molar-refractivity contribution in [2.45, 2.75) is 19.9 Å². The highest BCUT2D eigenvalue weighted by Crippen LogP contribution is 2.26. The quantitative estimate of drug-likeness (QED) is 0.466. The maximum absolute atomic E-state index is 13.6. The summed E-state index contributed by atoms with van der Waals surface area (Å²) in [5, 5.41) is 4.73. The average molecular weight is 411 g/mol. The van der Waals surface area contributed by atoms with Gasteiger partial charge in [0.1, 0.15) is 11.5 Å². The van der Waals surface area contributed by atoms with E-state index in [1.54, 1.807) is 22.9 Å². The maximum Gasteiger partial charge on any atom is 0.272 e. The van der Waals surface area contributed by atoms with Crippen LogP contribution in [0.4, 0.5) is 4.39 Å². The van der Waals surface area contributed by atoms with E-state index < -0.39 is 0 Å². The Hall–Kier alpha value is -3.73. The summed E-state index contributed by atoms with van der Waals surface area (Å²) >= 11 is 0. The van der Waals surface area contributed by atoms with E-state index in [4.69, 9.17) is 5.10 Å². The number of amides is 1. The number of nitrogens with zero attached hydrogens (tertiary/aromatic N) is 3. The molecule has 0 atom stereocenters. The van der Waals surface area contributed by atoms with Crippen LogP contribution in [0.5, 0.6) is 0 Å². The highest BCUT2D eigenvalue weighted by atomic mass is 19.1. The van der Waals surface area contributed by atoms with Crippen molar-refractivity contribution in [3.05, 3.63) is 107 Å². The summed E-state index contributed by atoms with van der Waals surface area (Å²) in [5.74, 6) is -0.359. The standard InChI is InChI=1S/C26H22FN3O/c1-18-5-4-8-23(15-18)30-25(16-24(28-30)20-9-11-22(27)12-10-20)26(31)29-14-13-19-6-2-3-7-21(19)17-29/h2-12,15-16H,13-14,17H2,1H3. The van der Waals surface area contributed by atoms with Gasteiger partial charge in [-0.25, -0.2) is 9.07 Å². The van der Waals surface area contributed by atoms with Gasteiger partial charge in [-0.15, -0.1) is 0 Å².